The van der Waals surface area contributed by atoms with Crippen molar-refractivity contribution in [1.82, 2.24) is 0 Å². The summed E-state index contributed by atoms with van der Waals surface area (Å²) in [5.74, 6) is 0. The molecular formula is C22H38IN. The molecule has 1 nitrogen and oxygen atoms in total. The van der Waals surface area contributed by atoms with Crippen LogP contribution < -0.4 is 5.32 Å². The van der Waals surface area contributed by atoms with E-state index in [2.05, 4.69) is 59.1 Å². The highest BCUT2D eigenvalue weighted by Gasteiger charge is 1.95. The fourth-order valence-corrected chi connectivity index (χ4v) is 3.48. The molecule has 1 aromatic rings. The van der Waals surface area contributed by atoms with E-state index in [1.54, 1.807) is 0 Å². The quantitative estimate of drug-likeness (QED) is 0.201. The van der Waals surface area contributed by atoms with E-state index in [9.17, 15) is 0 Å². The van der Waals surface area contributed by atoms with Crippen molar-refractivity contribution in [2.24, 2.45) is 0 Å². The number of nitrogens with one attached hydrogen (secondary N) is 1. The molecule has 1 N–H and O–H groups in total. The van der Waals surface area contributed by atoms with Gasteiger partial charge in [-0.15, -0.1) is 0 Å². The van der Waals surface area contributed by atoms with Gasteiger partial charge >= 0.3 is 0 Å². The maximum Gasteiger partial charge on any atom is 0.0340 e. The Hall–Kier alpha value is -0.250. The van der Waals surface area contributed by atoms with Gasteiger partial charge in [0.1, 0.15) is 0 Å². The second kappa shape index (κ2) is 16.2. The molecule has 0 unspecified atom stereocenters. The lowest BCUT2D eigenvalue weighted by molar-refractivity contribution is 0.537. The smallest absolute Gasteiger partial charge is 0.0340 e. The van der Waals surface area contributed by atoms with Crippen LogP contribution in [-0.2, 0) is 0 Å². The summed E-state index contributed by atoms with van der Waals surface area (Å²) in [5.41, 5.74) is 1.25. The number of rotatable bonds is 16. The molecule has 0 heterocycles. The van der Waals surface area contributed by atoms with Gasteiger partial charge in [0.15, 0.2) is 0 Å². The zero-order valence-electron chi connectivity index (χ0n) is 15.8. The molecule has 0 bridgehead atoms. The van der Waals surface area contributed by atoms with Crippen molar-refractivity contribution in [2.45, 2.75) is 96.8 Å². The molecule has 138 valence electrons. The first-order valence-electron chi connectivity index (χ1n) is 10.3. The van der Waals surface area contributed by atoms with Crippen LogP contribution in [0.1, 0.15) is 96.8 Å². The monoisotopic (exact) mass is 443 g/mol. The van der Waals surface area contributed by atoms with E-state index >= 15 is 0 Å². The summed E-state index contributed by atoms with van der Waals surface area (Å²) in [6.45, 7) is 3.40. The van der Waals surface area contributed by atoms with Crippen molar-refractivity contribution in [2.75, 3.05) is 11.9 Å². The minimum atomic E-state index is 1.11. The van der Waals surface area contributed by atoms with Crippen LogP contribution in [0.3, 0.4) is 0 Å². The number of anilines is 1. The predicted octanol–water partition coefficient (Wildman–Crippen LogP) is 8.18. The maximum atomic E-state index is 3.51. The lowest BCUT2D eigenvalue weighted by Gasteiger charge is -2.06. The van der Waals surface area contributed by atoms with E-state index in [1.165, 1.54) is 99.1 Å². The van der Waals surface area contributed by atoms with Crippen LogP contribution in [-0.4, -0.2) is 6.54 Å². The Balaban J connectivity index is 1.75. The van der Waals surface area contributed by atoms with Crippen molar-refractivity contribution in [3.63, 3.8) is 0 Å². The van der Waals surface area contributed by atoms with Crippen LogP contribution in [0, 0.1) is 3.57 Å². The van der Waals surface area contributed by atoms with E-state index in [1.807, 2.05) is 0 Å². The molecule has 0 radical (unpaired) electrons. The highest BCUT2D eigenvalue weighted by molar-refractivity contribution is 14.1. The number of halogens is 1. The van der Waals surface area contributed by atoms with E-state index in [4.69, 9.17) is 0 Å². The predicted molar refractivity (Wildman–Crippen MR) is 118 cm³/mol. The number of unbranched alkanes of at least 4 members (excludes halogenated alkanes) is 13. The van der Waals surface area contributed by atoms with Crippen LogP contribution in [0.25, 0.3) is 0 Å². The van der Waals surface area contributed by atoms with Crippen LogP contribution in [0.5, 0.6) is 0 Å². The van der Waals surface area contributed by atoms with Crippen molar-refractivity contribution >= 4 is 28.3 Å². The lowest BCUT2D eigenvalue weighted by Crippen LogP contribution is -2.01. The molecule has 24 heavy (non-hydrogen) atoms. The van der Waals surface area contributed by atoms with Crippen LogP contribution in [0.2, 0.25) is 0 Å². The highest BCUT2D eigenvalue weighted by Crippen LogP contribution is 2.14. The van der Waals surface area contributed by atoms with Gasteiger partial charge in [0.2, 0.25) is 0 Å². The first-order valence-corrected chi connectivity index (χ1v) is 11.4. The highest BCUT2D eigenvalue weighted by atomic mass is 127. The molecule has 1 aromatic carbocycles. The van der Waals surface area contributed by atoms with Crippen molar-refractivity contribution in [1.29, 1.82) is 0 Å². The van der Waals surface area contributed by atoms with E-state index in [0.717, 1.165) is 6.54 Å². The second-order valence-electron chi connectivity index (χ2n) is 7.03. The standard InChI is InChI=1S/C22H38IN/c1-2-3-4-5-6-7-8-9-10-11-12-13-14-15-20-24-22-18-16-21(23)17-19-22/h16-19,24H,2-15,20H2,1H3. The summed E-state index contributed by atoms with van der Waals surface area (Å²) in [6, 6.07) is 8.67. The summed E-state index contributed by atoms with van der Waals surface area (Å²) in [4.78, 5) is 0. The average molecular weight is 443 g/mol. The number of hydrogen-bond donors (Lipinski definition) is 1. The van der Waals surface area contributed by atoms with Gasteiger partial charge in [-0.2, -0.15) is 0 Å². The average Bonchev–Trinajstić information content (AvgIpc) is 2.60. The van der Waals surface area contributed by atoms with Gasteiger partial charge in [-0.3, -0.25) is 0 Å². The molecule has 0 atom stereocenters. The first kappa shape index (κ1) is 21.8. The zero-order valence-corrected chi connectivity index (χ0v) is 18.0. The maximum absolute atomic E-state index is 3.51. The summed E-state index contributed by atoms with van der Waals surface area (Å²) < 4.78 is 1.30. The fourth-order valence-electron chi connectivity index (χ4n) is 3.12. The lowest BCUT2D eigenvalue weighted by atomic mass is 10.0. The molecule has 0 fully saturated rings. The minimum Gasteiger partial charge on any atom is -0.385 e. The Labute approximate surface area is 164 Å². The molecule has 1 rings (SSSR count). The SMILES string of the molecule is CCCCCCCCCCCCCCCCNc1ccc(I)cc1. The van der Waals surface area contributed by atoms with Gasteiger partial charge < -0.3 is 5.32 Å². The molecule has 2 heteroatoms. The first-order chi connectivity index (χ1) is 11.8. The normalized spacial score (nSPS) is 10.9. The third-order valence-electron chi connectivity index (χ3n) is 4.70. The second-order valence-corrected chi connectivity index (χ2v) is 8.28. The summed E-state index contributed by atoms with van der Waals surface area (Å²) in [7, 11) is 0. The topological polar surface area (TPSA) is 12.0 Å². The van der Waals surface area contributed by atoms with Crippen molar-refractivity contribution in [3.8, 4) is 0 Å². The Bertz CT molecular complexity index is 374. The van der Waals surface area contributed by atoms with Crippen molar-refractivity contribution in [3.05, 3.63) is 27.8 Å². The number of hydrogen-bond acceptors (Lipinski definition) is 1. The summed E-state index contributed by atoms with van der Waals surface area (Å²) in [6.07, 6.45) is 20.0. The summed E-state index contributed by atoms with van der Waals surface area (Å²) in [5, 5.41) is 3.51. The van der Waals surface area contributed by atoms with Gasteiger partial charge in [0, 0.05) is 15.8 Å². The summed E-state index contributed by atoms with van der Waals surface area (Å²) >= 11 is 2.35. The molecule has 0 amide bonds. The molecule has 0 aliphatic heterocycles. The van der Waals surface area contributed by atoms with E-state index in [-0.39, 0.29) is 0 Å². The van der Waals surface area contributed by atoms with Crippen LogP contribution >= 0.6 is 22.6 Å². The molecule has 0 saturated carbocycles. The third kappa shape index (κ3) is 13.1. The van der Waals surface area contributed by atoms with E-state index in [0.29, 0.717) is 0 Å². The number of benzene rings is 1. The zero-order chi connectivity index (χ0) is 17.3. The molecule has 0 spiro atoms. The van der Waals surface area contributed by atoms with E-state index < -0.39 is 0 Å². The third-order valence-corrected chi connectivity index (χ3v) is 5.42. The van der Waals surface area contributed by atoms with Crippen molar-refractivity contribution < 1.29 is 0 Å². The molecule has 0 aliphatic carbocycles. The largest absolute Gasteiger partial charge is 0.385 e. The van der Waals surface area contributed by atoms with Gasteiger partial charge in [-0.1, -0.05) is 90.4 Å². The molecule has 0 aromatic heterocycles. The Kier molecular flexibility index (Phi) is 14.7. The Morgan fingerprint density at radius 3 is 1.50 bits per heavy atom. The van der Waals surface area contributed by atoms with Gasteiger partial charge in [0.25, 0.3) is 0 Å². The van der Waals surface area contributed by atoms with Gasteiger partial charge in [-0.05, 0) is 53.3 Å². The fraction of sp³-hybridized carbons (Fsp3) is 0.727. The van der Waals surface area contributed by atoms with Crippen LogP contribution in [0.15, 0.2) is 24.3 Å². The Morgan fingerprint density at radius 2 is 1.04 bits per heavy atom. The van der Waals surface area contributed by atoms with Gasteiger partial charge in [0.05, 0.1) is 0 Å². The van der Waals surface area contributed by atoms with Crippen LogP contribution in [0.4, 0.5) is 5.69 Å². The molecular weight excluding hydrogens is 405 g/mol. The molecule has 0 saturated heterocycles. The minimum absolute atomic E-state index is 1.11. The molecule has 0 aliphatic rings. The van der Waals surface area contributed by atoms with Gasteiger partial charge in [-0.25, -0.2) is 0 Å². The Morgan fingerprint density at radius 1 is 0.625 bits per heavy atom.